The molecule has 1 saturated carbocycles. The largest absolute Gasteiger partial charge is 0.459 e. The lowest BCUT2D eigenvalue weighted by atomic mass is 9.85. The number of carbonyl (C=O) groups is 2. The van der Waals surface area contributed by atoms with Crippen molar-refractivity contribution >= 4 is 11.8 Å². The van der Waals surface area contributed by atoms with Crippen molar-refractivity contribution in [3.8, 4) is 0 Å². The van der Waals surface area contributed by atoms with Crippen molar-refractivity contribution in [2.45, 2.75) is 44.1 Å². The first kappa shape index (κ1) is 15.6. The Hall–Kier alpha value is -1.82. The highest BCUT2D eigenvalue weighted by Crippen LogP contribution is 2.27. The first-order chi connectivity index (χ1) is 10.1. The first-order valence-electron chi connectivity index (χ1n) is 7.40. The van der Waals surface area contributed by atoms with Gasteiger partial charge in [0, 0.05) is 19.5 Å². The topological polar surface area (TPSA) is 91.6 Å². The molecule has 0 aromatic carbocycles. The zero-order valence-corrected chi connectivity index (χ0v) is 12.1. The van der Waals surface area contributed by atoms with E-state index in [2.05, 4.69) is 10.6 Å². The molecule has 0 bridgehead atoms. The number of hydrogen-bond donors (Lipinski definition) is 3. The summed E-state index contributed by atoms with van der Waals surface area (Å²) in [6.45, 7) is 0.530. The van der Waals surface area contributed by atoms with Crippen LogP contribution < -0.4 is 10.6 Å². The van der Waals surface area contributed by atoms with E-state index in [1.165, 1.54) is 6.26 Å². The van der Waals surface area contributed by atoms with Gasteiger partial charge in [0.15, 0.2) is 5.76 Å². The van der Waals surface area contributed by atoms with Gasteiger partial charge in [-0.1, -0.05) is 19.3 Å². The number of amides is 2. The molecule has 0 aliphatic heterocycles. The van der Waals surface area contributed by atoms with Gasteiger partial charge < -0.3 is 20.2 Å². The quantitative estimate of drug-likeness (QED) is 0.735. The van der Waals surface area contributed by atoms with Crippen molar-refractivity contribution in [2.24, 2.45) is 0 Å². The molecule has 0 unspecified atom stereocenters. The predicted octanol–water partition coefficient (Wildman–Crippen LogP) is 1.21. The molecular formula is C15H22N2O4. The van der Waals surface area contributed by atoms with Crippen LogP contribution in [0.5, 0.6) is 0 Å². The Labute approximate surface area is 123 Å². The van der Waals surface area contributed by atoms with Crippen LogP contribution in [-0.2, 0) is 4.79 Å². The van der Waals surface area contributed by atoms with Gasteiger partial charge in [-0.2, -0.15) is 0 Å². The number of carbonyl (C=O) groups excluding carboxylic acids is 2. The van der Waals surface area contributed by atoms with E-state index >= 15 is 0 Å². The molecule has 2 rings (SSSR count). The molecule has 1 aliphatic carbocycles. The van der Waals surface area contributed by atoms with Gasteiger partial charge in [-0.15, -0.1) is 0 Å². The van der Waals surface area contributed by atoms with Crippen LogP contribution in [0.2, 0.25) is 0 Å². The van der Waals surface area contributed by atoms with Crippen LogP contribution in [0, 0.1) is 0 Å². The summed E-state index contributed by atoms with van der Waals surface area (Å²) in [5.74, 6) is -0.278. The lowest BCUT2D eigenvalue weighted by Crippen LogP contribution is -2.44. The molecule has 0 atom stereocenters. The Balaban J connectivity index is 1.62. The Morgan fingerprint density at radius 3 is 2.67 bits per heavy atom. The average molecular weight is 294 g/mol. The highest BCUT2D eigenvalue weighted by atomic mass is 16.3. The molecule has 1 aromatic heterocycles. The van der Waals surface area contributed by atoms with Gasteiger partial charge in [0.1, 0.15) is 0 Å². The lowest BCUT2D eigenvalue weighted by molar-refractivity contribution is -0.122. The van der Waals surface area contributed by atoms with Crippen molar-refractivity contribution in [3.63, 3.8) is 0 Å². The van der Waals surface area contributed by atoms with E-state index in [-0.39, 0.29) is 37.1 Å². The van der Waals surface area contributed by atoms with E-state index in [1.807, 2.05) is 0 Å². The minimum Gasteiger partial charge on any atom is -0.459 e. The molecule has 0 saturated heterocycles. The Bertz CT molecular complexity index is 464. The summed E-state index contributed by atoms with van der Waals surface area (Å²) in [7, 11) is 0. The second-order valence-electron chi connectivity index (χ2n) is 5.54. The molecule has 1 fully saturated rings. The average Bonchev–Trinajstić information content (AvgIpc) is 3.00. The number of rotatable bonds is 6. The molecule has 21 heavy (non-hydrogen) atoms. The highest BCUT2D eigenvalue weighted by Gasteiger charge is 2.29. The van der Waals surface area contributed by atoms with Crippen molar-refractivity contribution in [2.75, 3.05) is 13.1 Å². The Morgan fingerprint density at radius 1 is 1.24 bits per heavy atom. The van der Waals surface area contributed by atoms with Crippen molar-refractivity contribution in [1.29, 1.82) is 0 Å². The number of nitrogens with one attached hydrogen (secondary N) is 2. The summed E-state index contributed by atoms with van der Waals surface area (Å²) in [6.07, 6.45) is 6.24. The fourth-order valence-corrected chi connectivity index (χ4v) is 2.52. The molecular weight excluding hydrogens is 272 g/mol. The second kappa shape index (κ2) is 7.26. The third kappa shape index (κ3) is 4.90. The predicted molar refractivity (Wildman–Crippen MR) is 76.7 cm³/mol. The van der Waals surface area contributed by atoms with Crippen LogP contribution in [0.4, 0.5) is 0 Å². The molecule has 6 heteroatoms. The zero-order chi connectivity index (χ0) is 15.1. The fraction of sp³-hybridized carbons (Fsp3) is 0.600. The standard InChI is InChI=1S/C15H22N2O4/c18-13(17-11-15(20)7-2-1-3-8-15)6-9-16-14(19)12-5-4-10-21-12/h4-5,10,20H,1-3,6-9,11H2,(H,16,19)(H,17,18). The van der Waals surface area contributed by atoms with Crippen molar-refractivity contribution in [3.05, 3.63) is 24.2 Å². The first-order valence-corrected chi connectivity index (χ1v) is 7.40. The maximum atomic E-state index is 11.7. The van der Waals surface area contributed by atoms with Gasteiger partial charge >= 0.3 is 0 Å². The maximum absolute atomic E-state index is 11.7. The van der Waals surface area contributed by atoms with Crippen LogP contribution in [0.15, 0.2) is 22.8 Å². The minimum atomic E-state index is -0.759. The molecule has 6 nitrogen and oxygen atoms in total. The van der Waals surface area contributed by atoms with Gasteiger partial charge in [-0.3, -0.25) is 9.59 Å². The summed E-state index contributed by atoms with van der Waals surface area (Å²) in [5.41, 5.74) is -0.759. The van der Waals surface area contributed by atoms with Gasteiger partial charge in [0.25, 0.3) is 5.91 Å². The molecule has 1 aromatic rings. The lowest BCUT2D eigenvalue weighted by Gasteiger charge is -2.32. The van der Waals surface area contributed by atoms with Gasteiger partial charge in [0.05, 0.1) is 11.9 Å². The summed E-state index contributed by atoms with van der Waals surface area (Å²) in [6, 6.07) is 3.19. The van der Waals surface area contributed by atoms with Gasteiger partial charge in [-0.25, -0.2) is 0 Å². The SMILES string of the molecule is O=C(CCNC(=O)c1ccco1)NCC1(O)CCCCC1. The van der Waals surface area contributed by atoms with E-state index in [0.717, 1.165) is 32.1 Å². The van der Waals surface area contributed by atoms with Crippen LogP contribution in [0.1, 0.15) is 49.1 Å². The molecule has 2 amide bonds. The van der Waals surface area contributed by atoms with Gasteiger partial charge in [0.2, 0.25) is 5.91 Å². The molecule has 1 aliphatic rings. The van der Waals surface area contributed by atoms with Crippen molar-refractivity contribution < 1.29 is 19.1 Å². The van der Waals surface area contributed by atoms with Crippen LogP contribution in [0.25, 0.3) is 0 Å². The second-order valence-corrected chi connectivity index (χ2v) is 5.54. The summed E-state index contributed by atoms with van der Waals surface area (Å²) in [4.78, 5) is 23.3. The van der Waals surface area contributed by atoms with Crippen LogP contribution in [-0.4, -0.2) is 35.6 Å². The van der Waals surface area contributed by atoms with Crippen LogP contribution in [0.3, 0.4) is 0 Å². The van der Waals surface area contributed by atoms with E-state index in [1.54, 1.807) is 12.1 Å². The molecule has 116 valence electrons. The Kier molecular flexibility index (Phi) is 5.38. The van der Waals surface area contributed by atoms with E-state index in [9.17, 15) is 14.7 Å². The normalized spacial score (nSPS) is 17.2. The number of furan rings is 1. The zero-order valence-electron chi connectivity index (χ0n) is 12.1. The molecule has 3 N–H and O–H groups in total. The van der Waals surface area contributed by atoms with E-state index in [4.69, 9.17) is 4.42 Å². The third-order valence-corrected chi connectivity index (χ3v) is 3.78. The fourth-order valence-electron chi connectivity index (χ4n) is 2.52. The number of aliphatic hydroxyl groups is 1. The smallest absolute Gasteiger partial charge is 0.286 e. The minimum absolute atomic E-state index is 0.172. The van der Waals surface area contributed by atoms with Gasteiger partial charge in [-0.05, 0) is 25.0 Å². The maximum Gasteiger partial charge on any atom is 0.286 e. The third-order valence-electron chi connectivity index (χ3n) is 3.78. The van der Waals surface area contributed by atoms with E-state index in [0.29, 0.717) is 0 Å². The highest BCUT2D eigenvalue weighted by molar-refractivity contribution is 5.91. The summed E-state index contributed by atoms with van der Waals surface area (Å²) >= 11 is 0. The monoisotopic (exact) mass is 294 g/mol. The number of hydrogen-bond acceptors (Lipinski definition) is 4. The van der Waals surface area contributed by atoms with E-state index < -0.39 is 5.60 Å². The van der Waals surface area contributed by atoms with Crippen LogP contribution >= 0.6 is 0 Å². The summed E-state index contributed by atoms with van der Waals surface area (Å²) < 4.78 is 4.95. The molecule has 1 heterocycles. The molecule has 0 spiro atoms. The van der Waals surface area contributed by atoms with Crippen molar-refractivity contribution in [1.82, 2.24) is 10.6 Å². The summed E-state index contributed by atoms with van der Waals surface area (Å²) in [5, 5.41) is 15.6. The Morgan fingerprint density at radius 2 is 2.00 bits per heavy atom. The molecule has 0 radical (unpaired) electrons.